The van der Waals surface area contributed by atoms with Gasteiger partial charge in [0.25, 0.3) is 0 Å². The Labute approximate surface area is 141 Å². The van der Waals surface area contributed by atoms with Crippen LogP contribution >= 0.6 is 0 Å². The summed E-state index contributed by atoms with van der Waals surface area (Å²) >= 11 is 0. The molecule has 1 nitrogen and oxygen atoms in total. The predicted molar refractivity (Wildman–Crippen MR) is 100 cm³/mol. The monoisotopic (exact) mass is 315 g/mol. The van der Waals surface area contributed by atoms with Crippen molar-refractivity contribution in [3.05, 3.63) is 66.3 Å². The molecule has 0 saturated carbocycles. The SMILES string of the molecule is C=CCC(CNC)C(=C)/C=C(\CC)c1cccc(C(C)(C)F)c1. The highest BCUT2D eigenvalue weighted by molar-refractivity contribution is 5.68. The number of hydrogen-bond donors (Lipinski definition) is 1. The van der Waals surface area contributed by atoms with Crippen LogP contribution in [0.5, 0.6) is 0 Å². The van der Waals surface area contributed by atoms with Gasteiger partial charge in [0.05, 0.1) is 0 Å². The van der Waals surface area contributed by atoms with E-state index in [-0.39, 0.29) is 0 Å². The molecular formula is C21H30FN. The molecule has 0 amide bonds. The summed E-state index contributed by atoms with van der Waals surface area (Å²) in [5.74, 6) is 0.333. The molecule has 1 rings (SSSR count). The highest BCUT2D eigenvalue weighted by atomic mass is 19.1. The third-order valence-corrected chi connectivity index (χ3v) is 4.09. The normalized spacial score (nSPS) is 13.7. The zero-order valence-corrected chi connectivity index (χ0v) is 15.0. The summed E-state index contributed by atoms with van der Waals surface area (Å²) in [5, 5.41) is 3.21. The summed E-state index contributed by atoms with van der Waals surface area (Å²) in [6.45, 7) is 14.2. The van der Waals surface area contributed by atoms with Gasteiger partial charge in [-0.15, -0.1) is 6.58 Å². The lowest BCUT2D eigenvalue weighted by Gasteiger charge is -2.18. The number of hydrogen-bond acceptors (Lipinski definition) is 1. The minimum Gasteiger partial charge on any atom is -0.319 e. The third kappa shape index (κ3) is 5.80. The molecule has 0 aromatic heterocycles. The Hall–Kier alpha value is -1.67. The molecule has 1 aromatic rings. The molecule has 0 aliphatic rings. The molecule has 0 bridgehead atoms. The van der Waals surface area contributed by atoms with E-state index < -0.39 is 5.67 Å². The first kappa shape index (κ1) is 19.4. The van der Waals surface area contributed by atoms with Crippen molar-refractivity contribution >= 4 is 5.57 Å². The van der Waals surface area contributed by atoms with Crippen molar-refractivity contribution in [2.45, 2.75) is 39.3 Å². The first-order valence-electron chi connectivity index (χ1n) is 8.28. The lowest BCUT2D eigenvalue weighted by molar-refractivity contribution is 0.221. The summed E-state index contributed by atoms with van der Waals surface area (Å²) in [4.78, 5) is 0. The zero-order chi connectivity index (χ0) is 17.5. The molecule has 0 saturated heterocycles. The molecule has 0 aliphatic carbocycles. The smallest absolute Gasteiger partial charge is 0.130 e. The van der Waals surface area contributed by atoms with Crippen LogP contribution in [0.15, 0.2) is 55.1 Å². The summed E-state index contributed by atoms with van der Waals surface area (Å²) in [6, 6.07) is 7.75. The van der Waals surface area contributed by atoms with Crippen LogP contribution in [0, 0.1) is 5.92 Å². The van der Waals surface area contributed by atoms with E-state index >= 15 is 0 Å². The fourth-order valence-corrected chi connectivity index (χ4v) is 2.63. The van der Waals surface area contributed by atoms with E-state index in [0.717, 1.165) is 30.5 Å². The molecule has 23 heavy (non-hydrogen) atoms. The van der Waals surface area contributed by atoms with Crippen molar-refractivity contribution in [3.8, 4) is 0 Å². The molecule has 1 N–H and O–H groups in total. The molecule has 0 aliphatic heterocycles. The van der Waals surface area contributed by atoms with Crippen molar-refractivity contribution in [2.24, 2.45) is 5.92 Å². The maximum Gasteiger partial charge on any atom is 0.130 e. The number of rotatable bonds is 9. The number of allylic oxidation sites excluding steroid dienone is 3. The molecule has 0 spiro atoms. The van der Waals surface area contributed by atoms with Crippen LogP contribution in [0.2, 0.25) is 0 Å². The van der Waals surface area contributed by atoms with E-state index in [4.69, 9.17) is 0 Å². The largest absolute Gasteiger partial charge is 0.319 e. The highest BCUT2D eigenvalue weighted by Crippen LogP contribution is 2.29. The van der Waals surface area contributed by atoms with Crippen molar-refractivity contribution in [1.82, 2.24) is 5.32 Å². The molecule has 0 radical (unpaired) electrons. The van der Waals surface area contributed by atoms with Crippen LogP contribution < -0.4 is 5.32 Å². The van der Waals surface area contributed by atoms with Gasteiger partial charge in [0.1, 0.15) is 5.67 Å². The molecule has 126 valence electrons. The number of nitrogens with one attached hydrogen (secondary N) is 1. The summed E-state index contributed by atoms with van der Waals surface area (Å²) < 4.78 is 14.2. The third-order valence-electron chi connectivity index (χ3n) is 4.09. The Morgan fingerprint density at radius 2 is 2.09 bits per heavy atom. The van der Waals surface area contributed by atoms with Crippen molar-refractivity contribution < 1.29 is 4.39 Å². The van der Waals surface area contributed by atoms with E-state index in [1.165, 1.54) is 5.57 Å². The zero-order valence-electron chi connectivity index (χ0n) is 15.0. The van der Waals surface area contributed by atoms with E-state index in [9.17, 15) is 4.39 Å². The van der Waals surface area contributed by atoms with Crippen LogP contribution in [0.3, 0.4) is 0 Å². The number of alkyl halides is 1. The average Bonchev–Trinajstić information content (AvgIpc) is 2.51. The lowest BCUT2D eigenvalue weighted by Crippen LogP contribution is -2.19. The molecule has 1 aromatic carbocycles. The van der Waals surface area contributed by atoms with Crippen LogP contribution in [-0.2, 0) is 5.67 Å². The van der Waals surface area contributed by atoms with E-state index in [1.54, 1.807) is 13.8 Å². The average molecular weight is 315 g/mol. The molecule has 1 atom stereocenters. The second-order valence-corrected chi connectivity index (χ2v) is 6.43. The summed E-state index contributed by atoms with van der Waals surface area (Å²) in [6.07, 6.45) is 5.86. The van der Waals surface area contributed by atoms with Crippen molar-refractivity contribution in [2.75, 3.05) is 13.6 Å². The Morgan fingerprint density at radius 3 is 2.61 bits per heavy atom. The topological polar surface area (TPSA) is 12.0 Å². The highest BCUT2D eigenvalue weighted by Gasteiger charge is 2.19. The van der Waals surface area contributed by atoms with Crippen molar-refractivity contribution in [1.29, 1.82) is 0 Å². The number of halogens is 1. The first-order valence-corrected chi connectivity index (χ1v) is 8.28. The van der Waals surface area contributed by atoms with Gasteiger partial charge in [0.2, 0.25) is 0 Å². The second-order valence-electron chi connectivity index (χ2n) is 6.43. The number of benzene rings is 1. The van der Waals surface area contributed by atoms with Gasteiger partial charge in [-0.3, -0.25) is 0 Å². The fourth-order valence-electron chi connectivity index (χ4n) is 2.63. The quantitative estimate of drug-likeness (QED) is 0.458. The minimum atomic E-state index is -1.33. The van der Waals surface area contributed by atoms with Gasteiger partial charge < -0.3 is 5.32 Å². The summed E-state index contributed by atoms with van der Waals surface area (Å²) in [5.41, 5.74) is 2.72. The van der Waals surface area contributed by atoms with E-state index in [1.807, 2.05) is 37.4 Å². The molecule has 0 fully saturated rings. The van der Waals surface area contributed by atoms with Crippen LogP contribution in [-0.4, -0.2) is 13.6 Å². The van der Waals surface area contributed by atoms with Crippen LogP contribution in [0.25, 0.3) is 5.57 Å². The van der Waals surface area contributed by atoms with E-state index in [2.05, 4.69) is 31.5 Å². The van der Waals surface area contributed by atoms with Gasteiger partial charge in [-0.25, -0.2) is 4.39 Å². The van der Waals surface area contributed by atoms with Gasteiger partial charge in [-0.05, 0) is 62.4 Å². The van der Waals surface area contributed by atoms with Crippen LogP contribution in [0.4, 0.5) is 4.39 Å². The fraction of sp³-hybridized carbons (Fsp3) is 0.429. The maximum absolute atomic E-state index is 14.2. The predicted octanol–water partition coefficient (Wildman–Crippen LogP) is 5.65. The van der Waals surface area contributed by atoms with Gasteiger partial charge in [-0.1, -0.05) is 49.4 Å². The Bertz CT molecular complexity index is 563. The minimum absolute atomic E-state index is 0.333. The van der Waals surface area contributed by atoms with Gasteiger partial charge in [0.15, 0.2) is 0 Å². The van der Waals surface area contributed by atoms with Crippen LogP contribution in [0.1, 0.15) is 44.7 Å². The maximum atomic E-state index is 14.2. The summed E-state index contributed by atoms with van der Waals surface area (Å²) in [7, 11) is 1.95. The Morgan fingerprint density at radius 1 is 1.39 bits per heavy atom. The van der Waals surface area contributed by atoms with Gasteiger partial charge in [-0.2, -0.15) is 0 Å². The van der Waals surface area contributed by atoms with Crippen molar-refractivity contribution in [3.63, 3.8) is 0 Å². The Balaban J connectivity index is 3.11. The van der Waals surface area contributed by atoms with Gasteiger partial charge in [0, 0.05) is 6.54 Å². The molecule has 0 heterocycles. The van der Waals surface area contributed by atoms with Gasteiger partial charge >= 0.3 is 0 Å². The lowest BCUT2D eigenvalue weighted by atomic mass is 9.90. The molecule has 1 unspecified atom stereocenters. The second kappa shape index (κ2) is 8.83. The Kier molecular flexibility index (Phi) is 7.44. The first-order chi connectivity index (χ1) is 10.8. The molecule has 2 heteroatoms. The van der Waals surface area contributed by atoms with E-state index in [0.29, 0.717) is 11.5 Å². The molecular weight excluding hydrogens is 285 g/mol. The standard InChI is InChI=1S/C21H30FN/c1-7-10-19(15-23-6)16(3)13-17(8-2)18-11-9-12-20(14-18)21(4,5)22/h7,9,11-14,19,23H,1,3,8,10,15H2,2,4-6H3/b17-13+.